The summed E-state index contributed by atoms with van der Waals surface area (Å²) >= 11 is 0. The number of aromatic nitrogens is 2. The second-order valence-electron chi connectivity index (χ2n) is 6.03. The molecule has 5 nitrogen and oxygen atoms in total. The van der Waals surface area contributed by atoms with Gasteiger partial charge in [-0.1, -0.05) is 6.92 Å². The van der Waals surface area contributed by atoms with Crippen molar-refractivity contribution in [3.63, 3.8) is 0 Å². The third kappa shape index (κ3) is 2.91. The van der Waals surface area contributed by atoms with E-state index in [2.05, 4.69) is 16.9 Å². The normalized spacial score (nSPS) is 13.6. The van der Waals surface area contributed by atoms with Crippen LogP contribution >= 0.6 is 0 Å². The molecule has 0 saturated carbocycles. The third-order valence-electron chi connectivity index (χ3n) is 4.21. The molecule has 3 rings (SSSR count). The van der Waals surface area contributed by atoms with Gasteiger partial charge in [0.1, 0.15) is 0 Å². The van der Waals surface area contributed by atoms with E-state index in [0.717, 1.165) is 36.3 Å². The molecule has 0 saturated heterocycles. The molecule has 1 aliphatic rings. The van der Waals surface area contributed by atoms with E-state index < -0.39 is 0 Å². The molecule has 0 bridgehead atoms. The van der Waals surface area contributed by atoms with E-state index in [4.69, 9.17) is 0 Å². The highest BCUT2D eigenvalue weighted by Gasteiger charge is 2.27. The fourth-order valence-electron chi connectivity index (χ4n) is 3.00. The molecule has 3 heterocycles. The van der Waals surface area contributed by atoms with Crippen LogP contribution in [-0.2, 0) is 12.8 Å². The van der Waals surface area contributed by atoms with Gasteiger partial charge in [-0.3, -0.25) is 9.78 Å². The van der Waals surface area contributed by atoms with Crippen molar-refractivity contribution in [1.82, 2.24) is 9.97 Å². The SMILES string of the molecule is CCc1cncc(C(=O)N2CCCc3ccnc(N(C)C)c32)c1. The summed E-state index contributed by atoms with van der Waals surface area (Å²) in [7, 11) is 3.91. The topological polar surface area (TPSA) is 49.3 Å². The molecule has 0 spiro atoms. The fraction of sp³-hybridized carbons (Fsp3) is 0.389. The summed E-state index contributed by atoms with van der Waals surface area (Å²) in [5, 5.41) is 0. The number of amides is 1. The largest absolute Gasteiger partial charge is 0.361 e. The summed E-state index contributed by atoms with van der Waals surface area (Å²) in [6.07, 6.45) is 8.11. The Kier molecular flexibility index (Phi) is 4.28. The Morgan fingerprint density at radius 3 is 2.91 bits per heavy atom. The summed E-state index contributed by atoms with van der Waals surface area (Å²) in [4.78, 5) is 25.5. The van der Waals surface area contributed by atoms with Crippen LogP contribution in [0.4, 0.5) is 11.5 Å². The van der Waals surface area contributed by atoms with Crippen LogP contribution in [0.15, 0.2) is 30.7 Å². The van der Waals surface area contributed by atoms with Gasteiger partial charge in [-0.2, -0.15) is 0 Å². The first-order valence-electron chi connectivity index (χ1n) is 8.02. The number of hydrogen-bond acceptors (Lipinski definition) is 4. The van der Waals surface area contributed by atoms with Crippen LogP contribution in [-0.4, -0.2) is 36.5 Å². The lowest BCUT2D eigenvalue weighted by atomic mass is 10.0. The van der Waals surface area contributed by atoms with Gasteiger partial charge < -0.3 is 9.80 Å². The van der Waals surface area contributed by atoms with Crippen molar-refractivity contribution in [1.29, 1.82) is 0 Å². The Morgan fingerprint density at radius 2 is 2.17 bits per heavy atom. The molecule has 2 aromatic rings. The van der Waals surface area contributed by atoms with Crippen LogP contribution in [0.25, 0.3) is 0 Å². The first-order chi connectivity index (χ1) is 11.1. The number of nitrogens with zero attached hydrogens (tertiary/aromatic N) is 4. The smallest absolute Gasteiger partial charge is 0.259 e. The van der Waals surface area contributed by atoms with Crippen molar-refractivity contribution in [3.8, 4) is 0 Å². The molecule has 23 heavy (non-hydrogen) atoms. The number of aryl methyl sites for hydroxylation is 2. The number of carbonyl (C=O) groups is 1. The van der Waals surface area contributed by atoms with Gasteiger partial charge in [0.2, 0.25) is 0 Å². The molecule has 0 atom stereocenters. The summed E-state index contributed by atoms with van der Waals surface area (Å²) in [6.45, 7) is 2.78. The van der Waals surface area contributed by atoms with Crippen LogP contribution in [0, 0.1) is 0 Å². The van der Waals surface area contributed by atoms with Gasteiger partial charge >= 0.3 is 0 Å². The predicted molar refractivity (Wildman–Crippen MR) is 92.2 cm³/mol. The minimum atomic E-state index is 0.00449. The Morgan fingerprint density at radius 1 is 1.35 bits per heavy atom. The summed E-state index contributed by atoms with van der Waals surface area (Å²) in [5.74, 6) is 0.847. The highest BCUT2D eigenvalue weighted by molar-refractivity contribution is 6.08. The summed E-state index contributed by atoms with van der Waals surface area (Å²) < 4.78 is 0. The zero-order valence-corrected chi connectivity index (χ0v) is 13.9. The summed E-state index contributed by atoms with van der Waals surface area (Å²) in [5.41, 5.74) is 3.84. The van der Waals surface area contributed by atoms with Crippen molar-refractivity contribution in [2.24, 2.45) is 0 Å². The van der Waals surface area contributed by atoms with Crippen molar-refractivity contribution >= 4 is 17.4 Å². The fourth-order valence-corrected chi connectivity index (χ4v) is 3.00. The van der Waals surface area contributed by atoms with Gasteiger partial charge in [0.05, 0.1) is 11.3 Å². The average Bonchev–Trinajstić information content (AvgIpc) is 2.60. The molecule has 120 valence electrons. The minimum absolute atomic E-state index is 0.00449. The maximum Gasteiger partial charge on any atom is 0.259 e. The first-order valence-corrected chi connectivity index (χ1v) is 8.02. The molecular weight excluding hydrogens is 288 g/mol. The number of rotatable bonds is 3. The molecule has 0 fully saturated rings. The summed E-state index contributed by atoms with van der Waals surface area (Å²) in [6, 6.07) is 3.96. The number of fused-ring (bicyclic) bond motifs is 1. The standard InChI is InChI=1S/C18H22N4O/c1-4-13-10-15(12-19-11-13)18(23)22-9-5-6-14-7-8-20-17(16(14)22)21(2)3/h7-8,10-12H,4-6,9H2,1-3H3. The van der Waals surface area contributed by atoms with Gasteiger partial charge in [-0.15, -0.1) is 0 Å². The molecule has 2 aromatic heterocycles. The van der Waals surface area contributed by atoms with E-state index in [1.165, 1.54) is 5.56 Å². The predicted octanol–water partition coefficient (Wildman–Crippen LogP) is 2.70. The molecule has 5 heteroatoms. The first kappa shape index (κ1) is 15.5. The molecule has 0 N–H and O–H groups in total. The van der Waals surface area contributed by atoms with E-state index in [-0.39, 0.29) is 5.91 Å². The Labute approximate surface area is 137 Å². The number of pyridine rings is 2. The lowest BCUT2D eigenvalue weighted by Gasteiger charge is -2.32. The minimum Gasteiger partial charge on any atom is -0.361 e. The lowest BCUT2D eigenvalue weighted by Crippen LogP contribution is -2.37. The maximum absolute atomic E-state index is 13.0. The van der Waals surface area contributed by atoms with E-state index in [9.17, 15) is 4.79 Å². The van der Waals surface area contributed by atoms with Gasteiger partial charge in [0, 0.05) is 39.2 Å². The van der Waals surface area contributed by atoms with Crippen LogP contribution in [0.2, 0.25) is 0 Å². The second kappa shape index (κ2) is 6.36. The van der Waals surface area contributed by atoms with Gasteiger partial charge in [0.15, 0.2) is 5.82 Å². The molecule has 1 amide bonds. The quantitative estimate of drug-likeness (QED) is 0.874. The zero-order chi connectivity index (χ0) is 16.4. The monoisotopic (exact) mass is 310 g/mol. The van der Waals surface area contributed by atoms with E-state index >= 15 is 0 Å². The van der Waals surface area contributed by atoms with Gasteiger partial charge in [0.25, 0.3) is 5.91 Å². The highest BCUT2D eigenvalue weighted by Crippen LogP contribution is 2.35. The molecule has 0 radical (unpaired) electrons. The van der Waals surface area contributed by atoms with Crippen molar-refractivity contribution in [2.45, 2.75) is 26.2 Å². The molecular formula is C18H22N4O. The molecule has 0 unspecified atom stereocenters. The van der Waals surface area contributed by atoms with Crippen molar-refractivity contribution in [2.75, 3.05) is 30.4 Å². The maximum atomic E-state index is 13.0. The van der Waals surface area contributed by atoms with Gasteiger partial charge in [-0.05, 0) is 42.5 Å². The van der Waals surface area contributed by atoms with E-state index in [0.29, 0.717) is 12.1 Å². The van der Waals surface area contributed by atoms with Crippen molar-refractivity contribution in [3.05, 3.63) is 47.4 Å². The Bertz CT molecular complexity index is 727. The van der Waals surface area contributed by atoms with Crippen LogP contribution in [0.5, 0.6) is 0 Å². The Hall–Kier alpha value is -2.43. The van der Waals surface area contributed by atoms with Crippen molar-refractivity contribution < 1.29 is 4.79 Å². The molecule has 0 aliphatic carbocycles. The second-order valence-corrected chi connectivity index (χ2v) is 6.03. The van der Waals surface area contributed by atoms with Gasteiger partial charge in [-0.25, -0.2) is 4.98 Å². The number of hydrogen-bond donors (Lipinski definition) is 0. The van der Waals surface area contributed by atoms with E-state index in [1.54, 1.807) is 6.20 Å². The highest BCUT2D eigenvalue weighted by atomic mass is 16.2. The lowest BCUT2D eigenvalue weighted by molar-refractivity contribution is 0.0984. The van der Waals surface area contributed by atoms with Crippen LogP contribution in [0.1, 0.15) is 34.8 Å². The van der Waals surface area contributed by atoms with E-state index in [1.807, 2.05) is 48.4 Å². The Balaban J connectivity index is 2.04. The number of carbonyl (C=O) groups excluding carboxylic acids is 1. The van der Waals surface area contributed by atoms with Crippen LogP contribution in [0.3, 0.4) is 0 Å². The molecule has 0 aromatic carbocycles. The third-order valence-corrected chi connectivity index (χ3v) is 4.21. The number of anilines is 2. The molecule has 1 aliphatic heterocycles. The zero-order valence-electron chi connectivity index (χ0n) is 13.9. The van der Waals surface area contributed by atoms with Crippen LogP contribution < -0.4 is 9.80 Å². The average molecular weight is 310 g/mol.